The van der Waals surface area contributed by atoms with Crippen LogP contribution in [0.2, 0.25) is 0 Å². The Morgan fingerprint density at radius 2 is 2.26 bits per heavy atom. The quantitative estimate of drug-likeness (QED) is 0.794. The standard InChI is InChI=1S/C13H14BrF2NO2/c14-10-4-2-6-17(8-10)12(18)9-3-1-5-11(7-9)19-13(15)16/h1,3,5,7,10,13H,2,4,6,8H2. The molecule has 1 heterocycles. The van der Waals surface area contributed by atoms with Gasteiger partial charge in [0.1, 0.15) is 5.75 Å². The number of halogens is 3. The molecule has 0 radical (unpaired) electrons. The maximum atomic E-state index is 12.2. The number of ether oxygens (including phenoxy) is 1. The predicted octanol–water partition coefficient (Wildman–Crippen LogP) is 3.29. The molecule has 3 nitrogen and oxygen atoms in total. The maximum absolute atomic E-state index is 12.2. The minimum atomic E-state index is -2.88. The van der Waals surface area contributed by atoms with Crippen molar-refractivity contribution in [2.75, 3.05) is 13.1 Å². The zero-order chi connectivity index (χ0) is 13.8. The molecule has 0 aromatic heterocycles. The van der Waals surface area contributed by atoms with Gasteiger partial charge in [-0.05, 0) is 31.0 Å². The van der Waals surface area contributed by atoms with Crippen LogP contribution in [0.5, 0.6) is 5.75 Å². The molecule has 1 aliphatic rings. The molecule has 0 saturated carbocycles. The van der Waals surface area contributed by atoms with Crippen LogP contribution in [0.15, 0.2) is 24.3 Å². The van der Waals surface area contributed by atoms with Gasteiger partial charge in [-0.2, -0.15) is 8.78 Å². The number of alkyl halides is 3. The Balaban J connectivity index is 2.10. The van der Waals surface area contributed by atoms with Crippen molar-refractivity contribution < 1.29 is 18.3 Å². The molecule has 0 N–H and O–H groups in total. The van der Waals surface area contributed by atoms with Crippen LogP contribution in [0.25, 0.3) is 0 Å². The van der Waals surface area contributed by atoms with Gasteiger partial charge in [-0.15, -0.1) is 0 Å². The third kappa shape index (κ3) is 3.89. The summed E-state index contributed by atoms with van der Waals surface area (Å²) in [4.78, 5) is 14.3. The van der Waals surface area contributed by atoms with Gasteiger partial charge < -0.3 is 9.64 Å². The third-order valence-corrected chi connectivity index (χ3v) is 3.70. The average molecular weight is 334 g/mol. The van der Waals surface area contributed by atoms with Gasteiger partial charge in [0.25, 0.3) is 5.91 Å². The van der Waals surface area contributed by atoms with Gasteiger partial charge in [-0.1, -0.05) is 22.0 Å². The lowest BCUT2D eigenvalue weighted by Crippen LogP contribution is -2.40. The number of rotatable bonds is 3. The summed E-state index contributed by atoms with van der Waals surface area (Å²) in [6, 6.07) is 5.91. The Bertz CT molecular complexity index is 456. The summed E-state index contributed by atoms with van der Waals surface area (Å²) >= 11 is 3.50. The van der Waals surface area contributed by atoms with Crippen molar-refractivity contribution in [3.8, 4) is 5.75 Å². The molecule has 1 unspecified atom stereocenters. The highest BCUT2D eigenvalue weighted by Crippen LogP contribution is 2.21. The molecule has 2 rings (SSSR count). The Kier molecular flexibility index (Phi) is 4.74. The van der Waals surface area contributed by atoms with Crippen molar-refractivity contribution in [3.05, 3.63) is 29.8 Å². The van der Waals surface area contributed by atoms with Gasteiger partial charge in [0.15, 0.2) is 0 Å². The second-order valence-corrected chi connectivity index (χ2v) is 5.69. The largest absolute Gasteiger partial charge is 0.435 e. The third-order valence-electron chi connectivity index (χ3n) is 2.96. The molecule has 0 spiro atoms. The second kappa shape index (κ2) is 6.32. The van der Waals surface area contributed by atoms with E-state index in [0.717, 1.165) is 12.8 Å². The molecule has 104 valence electrons. The molecular weight excluding hydrogens is 320 g/mol. The molecule has 1 aromatic rings. The number of likely N-dealkylation sites (tertiary alicyclic amines) is 1. The summed E-state index contributed by atoms with van der Waals surface area (Å²) in [5.41, 5.74) is 0.375. The summed E-state index contributed by atoms with van der Waals surface area (Å²) in [6.07, 6.45) is 1.98. The number of piperidine rings is 1. The molecule has 1 aromatic carbocycles. The summed E-state index contributed by atoms with van der Waals surface area (Å²) in [5, 5.41) is 0. The van der Waals surface area contributed by atoms with E-state index in [1.807, 2.05) is 0 Å². The molecule has 0 bridgehead atoms. The topological polar surface area (TPSA) is 29.5 Å². The van der Waals surface area contributed by atoms with Gasteiger partial charge in [-0.25, -0.2) is 0 Å². The van der Waals surface area contributed by atoms with E-state index in [1.165, 1.54) is 12.1 Å². The van der Waals surface area contributed by atoms with Crippen LogP contribution in [0, 0.1) is 0 Å². The van der Waals surface area contributed by atoms with Gasteiger partial charge in [0, 0.05) is 23.5 Å². The lowest BCUT2D eigenvalue weighted by molar-refractivity contribution is -0.0499. The van der Waals surface area contributed by atoms with Gasteiger partial charge in [0.05, 0.1) is 0 Å². The van der Waals surface area contributed by atoms with E-state index < -0.39 is 6.61 Å². The van der Waals surface area contributed by atoms with Crippen molar-refractivity contribution in [2.24, 2.45) is 0 Å². The number of nitrogens with zero attached hydrogens (tertiary/aromatic N) is 1. The highest BCUT2D eigenvalue weighted by Gasteiger charge is 2.23. The van der Waals surface area contributed by atoms with E-state index in [2.05, 4.69) is 20.7 Å². The molecular formula is C13H14BrF2NO2. The molecule has 0 aliphatic carbocycles. The zero-order valence-corrected chi connectivity index (χ0v) is 11.8. The van der Waals surface area contributed by atoms with Crippen LogP contribution in [0.3, 0.4) is 0 Å². The predicted molar refractivity (Wildman–Crippen MR) is 70.9 cm³/mol. The second-order valence-electron chi connectivity index (χ2n) is 4.40. The molecule has 19 heavy (non-hydrogen) atoms. The fourth-order valence-corrected chi connectivity index (χ4v) is 2.77. The minimum Gasteiger partial charge on any atom is -0.435 e. The molecule has 1 aliphatic heterocycles. The summed E-state index contributed by atoms with van der Waals surface area (Å²) in [5.74, 6) is -0.142. The van der Waals surface area contributed by atoms with E-state index >= 15 is 0 Å². The Morgan fingerprint density at radius 3 is 2.95 bits per heavy atom. The van der Waals surface area contributed by atoms with E-state index in [1.54, 1.807) is 17.0 Å². The lowest BCUT2D eigenvalue weighted by atomic mass is 10.1. The maximum Gasteiger partial charge on any atom is 0.387 e. The number of hydrogen-bond donors (Lipinski definition) is 0. The average Bonchev–Trinajstić information content (AvgIpc) is 2.37. The molecule has 1 atom stereocenters. The highest BCUT2D eigenvalue weighted by atomic mass is 79.9. The lowest BCUT2D eigenvalue weighted by Gasteiger charge is -2.30. The van der Waals surface area contributed by atoms with Crippen LogP contribution >= 0.6 is 15.9 Å². The number of amides is 1. The Labute approximate surface area is 118 Å². The van der Waals surface area contributed by atoms with Gasteiger partial charge >= 0.3 is 6.61 Å². The molecule has 1 fully saturated rings. The SMILES string of the molecule is O=C(c1cccc(OC(F)F)c1)N1CCCC(Br)C1. The van der Waals surface area contributed by atoms with Crippen LogP contribution in [-0.4, -0.2) is 35.3 Å². The number of carbonyl (C=O) groups is 1. The van der Waals surface area contributed by atoms with Crippen LogP contribution < -0.4 is 4.74 Å². The minimum absolute atomic E-state index is 0.00764. The normalized spacial score (nSPS) is 19.6. The number of hydrogen-bond acceptors (Lipinski definition) is 2. The number of carbonyl (C=O) groups excluding carboxylic acids is 1. The molecule has 1 saturated heterocycles. The van der Waals surface area contributed by atoms with Crippen LogP contribution in [0.4, 0.5) is 8.78 Å². The first-order valence-electron chi connectivity index (χ1n) is 6.04. The summed E-state index contributed by atoms with van der Waals surface area (Å²) < 4.78 is 28.6. The summed E-state index contributed by atoms with van der Waals surface area (Å²) in [6.45, 7) is -1.55. The first-order chi connectivity index (χ1) is 9.06. The zero-order valence-electron chi connectivity index (χ0n) is 10.2. The molecule has 1 amide bonds. The summed E-state index contributed by atoms with van der Waals surface area (Å²) in [7, 11) is 0. The monoisotopic (exact) mass is 333 g/mol. The van der Waals surface area contributed by atoms with E-state index in [4.69, 9.17) is 0 Å². The van der Waals surface area contributed by atoms with Crippen LogP contribution in [-0.2, 0) is 0 Å². The van der Waals surface area contributed by atoms with Crippen molar-refractivity contribution in [1.29, 1.82) is 0 Å². The van der Waals surface area contributed by atoms with Crippen molar-refractivity contribution in [1.82, 2.24) is 4.90 Å². The first-order valence-corrected chi connectivity index (χ1v) is 6.96. The fraction of sp³-hybridized carbons (Fsp3) is 0.462. The van der Waals surface area contributed by atoms with Gasteiger partial charge in [-0.3, -0.25) is 4.79 Å². The smallest absolute Gasteiger partial charge is 0.387 e. The van der Waals surface area contributed by atoms with Crippen molar-refractivity contribution in [3.63, 3.8) is 0 Å². The number of benzene rings is 1. The van der Waals surface area contributed by atoms with Gasteiger partial charge in [0.2, 0.25) is 0 Å². The van der Waals surface area contributed by atoms with E-state index in [-0.39, 0.29) is 11.7 Å². The van der Waals surface area contributed by atoms with Crippen molar-refractivity contribution in [2.45, 2.75) is 24.3 Å². The molecule has 6 heteroatoms. The van der Waals surface area contributed by atoms with Crippen molar-refractivity contribution >= 4 is 21.8 Å². The van der Waals surface area contributed by atoms with Crippen LogP contribution in [0.1, 0.15) is 23.2 Å². The highest BCUT2D eigenvalue weighted by molar-refractivity contribution is 9.09. The fourth-order valence-electron chi connectivity index (χ4n) is 2.10. The Hall–Kier alpha value is -1.17. The van der Waals surface area contributed by atoms with E-state index in [0.29, 0.717) is 23.5 Å². The first kappa shape index (κ1) is 14.2. The van der Waals surface area contributed by atoms with E-state index in [9.17, 15) is 13.6 Å². The Morgan fingerprint density at radius 1 is 1.47 bits per heavy atom.